The summed E-state index contributed by atoms with van der Waals surface area (Å²) in [5.74, 6) is 1.39. The summed E-state index contributed by atoms with van der Waals surface area (Å²) < 4.78 is 6.31. The molecule has 1 fully saturated rings. The van der Waals surface area contributed by atoms with Crippen molar-refractivity contribution in [3.63, 3.8) is 0 Å². The van der Waals surface area contributed by atoms with Gasteiger partial charge >= 0.3 is 0 Å². The molecular weight excluding hydrogens is 480 g/mol. The molecule has 1 aliphatic heterocycles. The van der Waals surface area contributed by atoms with Crippen LogP contribution in [-0.2, 0) is 4.79 Å². The van der Waals surface area contributed by atoms with E-state index in [1.807, 2.05) is 89.8 Å². The number of hydrogen-bond acceptors (Lipinski definition) is 4. The molecule has 8 heteroatoms. The van der Waals surface area contributed by atoms with E-state index in [4.69, 9.17) is 28.2 Å². The van der Waals surface area contributed by atoms with Gasteiger partial charge in [0, 0.05) is 35.4 Å². The molecule has 0 unspecified atom stereocenters. The molecule has 0 spiro atoms. The number of amides is 1. The maximum Gasteiger partial charge on any atom is 0.226 e. The van der Waals surface area contributed by atoms with Gasteiger partial charge in [-0.05, 0) is 72.9 Å². The van der Waals surface area contributed by atoms with Crippen LogP contribution in [0.2, 0.25) is 5.02 Å². The Balaban J connectivity index is 1.40. The summed E-state index contributed by atoms with van der Waals surface area (Å²) in [6.07, 6.45) is 2.03. The van der Waals surface area contributed by atoms with Gasteiger partial charge in [-0.2, -0.15) is 0 Å². The highest BCUT2D eigenvalue weighted by atomic mass is 35.5. The zero-order valence-corrected chi connectivity index (χ0v) is 20.3. The Morgan fingerprint density at radius 1 is 1.03 bits per heavy atom. The van der Waals surface area contributed by atoms with Crippen molar-refractivity contribution >= 4 is 40.5 Å². The van der Waals surface area contributed by atoms with Crippen molar-refractivity contribution in [2.24, 2.45) is 0 Å². The number of furan rings is 1. The van der Waals surface area contributed by atoms with Crippen LogP contribution >= 0.6 is 23.8 Å². The van der Waals surface area contributed by atoms with E-state index in [9.17, 15) is 4.79 Å². The molecule has 0 aliphatic carbocycles. The Morgan fingerprint density at radius 3 is 2.54 bits per heavy atom. The third kappa shape index (κ3) is 5.21. The average molecular weight is 503 g/mol. The van der Waals surface area contributed by atoms with E-state index in [1.165, 1.54) is 0 Å². The number of para-hydroxylation sites is 1. The van der Waals surface area contributed by atoms with Crippen molar-refractivity contribution in [1.29, 1.82) is 0 Å². The highest BCUT2D eigenvalue weighted by Gasteiger charge is 2.41. The highest BCUT2D eigenvalue weighted by Crippen LogP contribution is 2.40. The lowest BCUT2D eigenvalue weighted by Crippen LogP contribution is -2.32. The molecule has 6 nitrogen and oxygen atoms in total. The fourth-order valence-corrected chi connectivity index (χ4v) is 4.66. The van der Waals surface area contributed by atoms with Crippen LogP contribution in [0.1, 0.15) is 30.0 Å². The number of hydrogen-bond donors (Lipinski definition) is 2. The second-order valence-electron chi connectivity index (χ2n) is 8.19. The predicted octanol–water partition coefficient (Wildman–Crippen LogP) is 6.00. The van der Waals surface area contributed by atoms with Crippen LogP contribution in [0, 0.1) is 0 Å². The predicted molar refractivity (Wildman–Crippen MR) is 141 cm³/mol. The molecule has 0 radical (unpaired) electrons. The van der Waals surface area contributed by atoms with Crippen molar-refractivity contribution in [3.05, 3.63) is 108 Å². The van der Waals surface area contributed by atoms with Gasteiger partial charge in [0.2, 0.25) is 5.91 Å². The van der Waals surface area contributed by atoms with Crippen LogP contribution in [0.15, 0.2) is 95.5 Å². The Morgan fingerprint density at radius 2 is 1.80 bits per heavy atom. The zero-order chi connectivity index (χ0) is 24.2. The second kappa shape index (κ2) is 10.3. The van der Waals surface area contributed by atoms with Crippen LogP contribution < -0.4 is 10.6 Å². The standard InChI is InChI=1S/C27H23ClN4O2S/c28-19-11-9-18(10-12-19)22-13-14-23(34-22)26-25(21-8-4-5-16-29-21)31-27(35)32(26)17-15-24(33)30-20-6-2-1-3-7-20/h1-14,16,25-26H,15,17H2,(H,30,33)(H,31,35)/t25-,26+/m1/s1. The van der Waals surface area contributed by atoms with Crippen molar-refractivity contribution in [1.82, 2.24) is 15.2 Å². The van der Waals surface area contributed by atoms with Gasteiger partial charge in [0.05, 0.1) is 11.7 Å². The number of carbonyl (C=O) groups is 1. The summed E-state index contributed by atoms with van der Waals surface area (Å²) in [6, 6.07) is 26.1. The quantitative estimate of drug-likeness (QED) is 0.302. The summed E-state index contributed by atoms with van der Waals surface area (Å²) in [7, 11) is 0. The van der Waals surface area contributed by atoms with Crippen molar-refractivity contribution in [2.75, 3.05) is 11.9 Å². The van der Waals surface area contributed by atoms with Gasteiger partial charge in [0.25, 0.3) is 0 Å². The SMILES string of the molecule is O=C(CCN1C(=S)N[C@H](c2ccccn2)[C@@H]1c1ccc(-c2ccc(Cl)cc2)o1)Nc1ccccc1. The Kier molecular flexibility index (Phi) is 6.79. The van der Waals surface area contributed by atoms with E-state index in [0.717, 1.165) is 28.5 Å². The fourth-order valence-electron chi connectivity index (χ4n) is 4.20. The number of thiocarbonyl (C=S) groups is 1. The van der Waals surface area contributed by atoms with Gasteiger partial charge < -0.3 is 20.0 Å². The van der Waals surface area contributed by atoms with Crippen LogP contribution in [0.25, 0.3) is 11.3 Å². The molecule has 1 aliphatic rings. The second-order valence-corrected chi connectivity index (χ2v) is 9.02. The summed E-state index contributed by atoms with van der Waals surface area (Å²) in [5.41, 5.74) is 2.54. The molecule has 3 heterocycles. The van der Waals surface area contributed by atoms with Gasteiger partial charge in [0.1, 0.15) is 17.6 Å². The summed E-state index contributed by atoms with van der Waals surface area (Å²) >= 11 is 11.7. The molecule has 2 aromatic heterocycles. The molecular formula is C27H23ClN4O2S. The van der Waals surface area contributed by atoms with E-state index in [-0.39, 0.29) is 24.4 Å². The topological polar surface area (TPSA) is 70.4 Å². The molecule has 2 atom stereocenters. The largest absolute Gasteiger partial charge is 0.459 e. The lowest BCUT2D eigenvalue weighted by Gasteiger charge is -2.25. The van der Waals surface area contributed by atoms with E-state index in [2.05, 4.69) is 15.6 Å². The van der Waals surface area contributed by atoms with Crippen LogP contribution in [0.5, 0.6) is 0 Å². The van der Waals surface area contributed by atoms with Crippen molar-refractivity contribution in [3.8, 4) is 11.3 Å². The molecule has 0 saturated carbocycles. The molecule has 1 amide bonds. The normalized spacial score (nSPS) is 17.3. The monoisotopic (exact) mass is 502 g/mol. The molecule has 2 N–H and O–H groups in total. The van der Waals surface area contributed by atoms with Crippen LogP contribution in [0.4, 0.5) is 5.69 Å². The number of carbonyl (C=O) groups excluding carboxylic acids is 1. The minimum atomic E-state index is -0.261. The lowest BCUT2D eigenvalue weighted by molar-refractivity contribution is -0.116. The lowest BCUT2D eigenvalue weighted by atomic mass is 10.0. The highest BCUT2D eigenvalue weighted by molar-refractivity contribution is 7.80. The minimum absolute atomic E-state index is 0.0830. The molecule has 2 aromatic carbocycles. The number of nitrogens with zero attached hydrogens (tertiary/aromatic N) is 2. The van der Waals surface area contributed by atoms with Crippen LogP contribution in [-0.4, -0.2) is 27.4 Å². The van der Waals surface area contributed by atoms with Gasteiger partial charge in [-0.1, -0.05) is 35.9 Å². The molecule has 4 aromatic rings. The summed E-state index contributed by atoms with van der Waals surface area (Å²) in [5, 5.41) is 7.54. The maximum absolute atomic E-state index is 12.6. The first-order valence-corrected chi connectivity index (χ1v) is 12.1. The Bertz CT molecular complexity index is 1310. The van der Waals surface area contributed by atoms with Gasteiger partial charge in [-0.25, -0.2) is 0 Å². The van der Waals surface area contributed by atoms with Gasteiger partial charge in [-0.15, -0.1) is 0 Å². The number of anilines is 1. The molecule has 1 saturated heterocycles. The van der Waals surface area contributed by atoms with Gasteiger partial charge in [-0.3, -0.25) is 9.78 Å². The van der Waals surface area contributed by atoms with E-state index < -0.39 is 0 Å². The Hall–Kier alpha value is -3.68. The van der Waals surface area contributed by atoms with E-state index in [1.54, 1.807) is 6.20 Å². The number of pyridine rings is 1. The third-order valence-corrected chi connectivity index (χ3v) is 6.49. The van der Waals surface area contributed by atoms with Crippen molar-refractivity contribution in [2.45, 2.75) is 18.5 Å². The third-order valence-electron chi connectivity index (χ3n) is 5.88. The summed E-state index contributed by atoms with van der Waals surface area (Å²) in [6.45, 7) is 0.426. The first kappa shape index (κ1) is 23.1. The molecule has 5 rings (SSSR count). The number of rotatable bonds is 7. The Labute approximate surface area is 213 Å². The summed E-state index contributed by atoms with van der Waals surface area (Å²) in [4.78, 5) is 19.2. The molecule has 176 valence electrons. The average Bonchev–Trinajstić information content (AvgIpc) is 3.49. The zero-order valence-electron chi connectivity index (χ0n) is 18.7. The fraction of sp³-hybridized carbons (Fsp3) is 0.148. The smallest absolute Gasteiger partial charge is 0.226 e. The van der Waals surface area contributed by atoms with Crippen LogP contribution in [0.3, 0.4) is 0 Å². The number of benzene rings is 2. The first-order valence-electron chi connectivity index (χ1n) is 11.3. The minimum Gasteiger partial charge on any atom is -0.459 e. The number of halogens is 1. The van der Waals surface area contributed by atoms with Crippen molar-refractivity contribution < 1.29 is 9.21 Å². The molecule has 35 heavy (non-hydrogen) atoms. The number of nitrogens with one attached hydrogen (secondary N) is 2. The maximum atomic E-state index is 12.6. The molecule has 0 bridgehead atoms. The van der Waals surface area contributed by atoms with E-state index in [0.29, 0.717) is 16.7 Å². The number of aromatic nitrogens is 1. The first-order chi connectivity index (χ1) is 17.1. The van der Waals surface area contributed by atoms with Gasteiger partial charge in [0.15, 0.2) is 5.11 Å². The van der Waals surface area contributed by atoms with E-state index >= 15 is 0 Å².